The lowest BCUT2D eigenvalue weighted by Gasteiger charge is -2.22. The van der Waals surface area contributed by atoms with E-state index in [0.29, 0.717) is 6.10 Å². The normalized spacial score (nSPS) is 24.2. The summed E-state index contributed by atoms with van der Waals surface area (Å²) in [5.41, 5.74) is 0. The summed E-state index contributed by atoms with van der Waals surface area (Å²) in [6, 6.07) is 0. The van der Waals surface area contributed by atoms with E-state index in [4.69, 9.17) is 4.74 Å². The van der Waals surface area contributed by atoms with Crippen molar-refractivity contribution in [2.45, 2.75) is 45.1 Å². The molecule has 0 aromatic carbocycles. The highest BCUT2D eigenvalue weighted by atomic mass is 16.5. The van der Waals surface area contributed by atoms with Crippen molar-refractivity contribution < 1.29 is 4.74 Å². The van der Waals surface area contributed by atoms with E-state index in [-0.39, 0.29) is 0 Å². The number of hydrogen-bond donors (Lipinski definition) is 1. The van der Waals surface area contributed by atoms with Gasteiger partial charge in [0.15, 0.2) is 0 Å². The molecule has 1 heterocycles. The van der Waals surface area contributed by atoms with Gasteiger partial charge in [-0.1, -0.05) is 32.6 Å². The maximum absolute atomic E-state index is 5.47. The molecule has 0 saturated carbocycles. The Bertz CT molecular complexity index is 100. The summed E-state index contributed by atoms with van der Waals surface area (Å²) in [6.07, 6.45) is 7.00. The summed E-state index contributed by atoms with van der Waals surface area (Å²) in [5.74, 6) is 0. The van der Waals surface area contributed by atoms with Gasteiger partial charge in [-0.3, -0.25) is 0 Å². The van der Waals surface area contributed by atoms with Gasteiger partial charge in [-0.15, -0.1) is 0 Å². The number of ether oxygens (including phenoxy) is 1. The molecule has 1 fully saturated rings. The van der Waals surface area contributed by atoms with E-state index in [9.17, 15) is 0 Å². The average Bonchev–Trinajstić information content (AvgIpc) is 2.14. The summed E-state index contributed by atoms with van der Waals surface area (Å²) >= 11 is 0. The van der Waals surface area contributed by atoms with Gasteiger partial charge < -0.3 is 10.1 Å². The number of hydrogen-bond acceptors (Lipinski definition) is 2. The molecule has 0 spiro atoms. The topological polar surface area (TPSA) is 21.3 Å². The first kappa shape index (κ1) is 10.0. The fourth-order valence-electron chi connectivity index (χ4n) is 1.50. The van der Waals surface area contributed by atoms with Crippen LogP contribution in [0.3, 0.4) is 0 Å². The molecule has 1 aliphatic heterocycles. The second-order valence-electron chi connectivity index (χ2n) is 3.43. The van der Waals surface area contributed by atoms with Gasteiger partial charge in [-0.2, -0.15) is 0 Å². The molecule has 1 N–H and O–H groups in total. The van der Waals surface area contributed by atoms with Crippen LogP contribution in [0.5, 0.6) is 0 Å². The predicted molar refractivity (Wildman–Crippen MR) is 50.8 cm³/mol. The maximum atomic E-state index is 5.47. The van der Waals surface area contributed by atoms with Crippen molar-refractivity contribution in [1.29, 1.82) is 0 Å². The molecule has 0 aromatic heterocycles. The molecule has 1 rings (SSSR count). The van der Waals surface area contributed by atoms with Crippen LogP contribution in [0.4, 0.5) is 0 Å². The fourth-order valence-corrected chi connectivity index (χ4v) is 1.50. The summed E-state index contributed by atoms with van der Waals surface area (Å²) in [7, 11) is 0. The molecular weight excluding hydrogens is 150 g/mol. The second-order valence-corrected chi connectivity index (χ2v) is 3.43. The summed E-state index contributed by atoms with van der Waals surface area (Å²) in [5, 5.41) is 3.30. The highest BCUT2D eigenvalue weighted by Crippen LogP contribution is 2.10. The summed E-state index contributed by atoms with van der Waals surface area (Å²) in [4.78, 5) is 0. The number of nitrogens with one attached hydrogen (secondary N) is 1. The Morgan fingerprint density at radius 3 is 3.00 bits per heavy atom. The molecule has 1 saturated heterocycles. The van der Waals surface area contributed by atoms with Crippen LogP contribution in [-0.4, -0.2) is 19.2 Å². The molecule has 1 aliphatic rings. The third-order valence-corrected chi connectivity index (χ3v) is 2.27. The molecular formula is C10H20NO. The molecule has 71 valence electrons. The zero-order valence-corrected chi connectivity index (χ0v) is 8.01. The van der Waals surface area contributed by atoms with E-state index in [2.05, 4.69) is 12.2 Å². The zero-order chi connectivity index (χ0) is 8.65. The molecule has 0 bridgehead atoms. The first-order valence-electron chi connectivity index (χ1n) is 5.11. The molecule has 2 nitrogen and oxygen atoms in total. The average molecular weight is 170 g/mol. The molecule has 12 heavy (non-hydrogen) atoms. The van der Waals surface area contributed by atoms with Gasteiger partial charge in [0.2, 0.25) is 0 Å². The second kappa shape index (κ2) is 6.44. The lowest BCUT2D eigenvalue weighted by Crippen LogP contribution is -2.35. The van der Waals surface area contributed by atoms with E-state index < -0.39 is 0 Å². The van der Waals surface area contributed by atoms with E-state index in [0.717, 1.165) is 13.1 Å². The summed E-state index contributed by atoms with van der Waals surface area (Å²) < 4.78 is 5.47. The minimum atomic E-state index is 0.440. The third-order valence-electron chi connectivity index (χ3n) is 2.27. The molecule has 1 unspecified atom stereocenters. The highest BCUT2D eigenvalue weighted by Gasteiger charge is 2.12. The predicted octanol–water partition coefficient (Wildman–Crippen LogP) is 2.11. The Morgan fingerprint density at radius 2 is 2.33 bits per heavy atom. The Balaban J connectivity index is 1.91. The van der Waals surface area contributed by atoms with E-state index >= 15 is 0 Å². The van der Waals surface area contributed by atoms with Gasteiger partial charge in [0.25, 0.3) is 0 Å². The van der Waals surface area contributed by atoms with Gasteiger partial charge in [-0.05, 0) is 6.42 Å². The number of morpholine rings is 1. The zero-order valence-electron chi connectivity index (χ0n) is 8.01. The van der Waals surface area contributed by atoms with Gasteiger partial charge in [0, 0.05) is 13.1 Å². The van der Waals surface area contributed by atoms with Crippen LogP contribution in [0.25, 0.3) is 0 Å². The SMILES string of the molecule is CCCCCCC1CNC[CH]O1. The molecule has 1 radical (unpaired) electrons. The first-order chi connectivity index (χ1) is 5.93. The van der Waals surface area contributed by atoms with Crippen molar-refractivity contribution in [2.24, 2.45) is 0 Å². The van der Waals surface area contributed by atoms with Crippen molar-refractivity contribution in [3.05, 3.63) is 6.61 Å². The molecule has 0 aromatic rings. The quantitative estimate of drug-likeness (QED) is 0.638. The minimum absolute atomic E-state index is 0.440. The van der Waals surface area contributed by atoms with Crippen LogP contribution >= 0.6 is 0 Å². The first-order valence-corrected chi connectivity index (χ1v) is 5.11. The third kappa shape index (κ3) is 4.07. The van der Waals surface area contributed by atoms with Gasteiger partial charge in [0.05, 0.1) is 12.7 Å². The van der Waals surface area contributed by atoms with Crippen LogP contribution < -0.4 is 5.32 Å². The van der Waals surface area contributed by atoms with E-state index in [1.807, 2.05) is 6.61 Å². The smallest absolute Gasteiger partial charge is 0.0977 e. The Morgan fingerprint density at radius 1 is 1.42 bits per heavy atom. The maximum Gasteiger partial charge on any atom is 0.0977 e. The van der Waals surface area contributed by atoms with Crippen LogP contribution in [-0.2, 0) is 4.74 Å². The van der Waals surface area contributed by atoms with Crippen LogP contribution in [0.15, 0.2) is 0 Å². The van der Waals surface area contributed by atoms with Crippen molar-refractivity contribution >= 4 is 0 Å². The largest absolute Gasteiger partial charge is 0.370 e. The van der Waals surface area contributed by atoms with Gasteiger partial charge in [-0.25, -0.2) is 0 Å². The highest BCUT2D eigenvalue weighted by molar-refractivity contribution is 4.72. The summed E-state index contributed by atoms with van der Waals surface area (Å²) in [6.45, 7) is 6.06. The van der Waals surface area contributed by atoms with Gasteiger partial charge in [0.1, 0.15) is 0 Å². The monoisotopic (exact) mass is 170 g/mol. The lowest BCUT2D eigenvalue weighted by molar-refractivity contribution is 0.0683. The molecule has 0 aliphatic carbocycles. The van der Waals surface area contributed by atoms with E-state index in [1.165, 1.54) is 32.1 Å². The van der Waals surface area contributed by atoms with E-state index in [1.54, 1.807) is 0 Å². The minimum Gasteiger partial charge on any atom is -0.370 e. The lowest BCUT2D eigenvalue weighted by atomic mass is 10.1. The number of rotatable bonds is 5. The van der Waals surface area contributed by atoms with Crippen LogP contribution in [0.2, 0.25) is 0 Å². The van der Waals surface area contributed by atoms with Crippen molar-refractivity contribution in [2.75, 3.05) is 13.1 Å². The molecule has 1 atom stereocenters. The van der Waals surface area contributed by atoms with Crippen LogP contribution in [0.1, 0.15) is 39.0 Å². The molecule has 2 heteroatoms. The van der Waals surface area contributed by atoms with Gasteiger partial charge >= 0.3 is 0 Å². The Kier molecular flexibility index (Phi) is 5.37. The Hall–Kier alpha value is -0.0800. The Labute approximate surface area is 75.7 Å². The van der Waals surface area contributed by atoms with Crippen molar-refractivity contribution in [3.63, 3.8) is 0 Å². The molecule has 0 amide bonds. The van der Waals surface area contributed by atoms with Crippen LogP contribution in [0, 0.1) is 6.61 Å². The number of unbranched alkanes of at least 4 members (excludes halogenated alkanes) is 3. The van der Waals surface area contributed by atoms with Crippen molar-refractivity contribution in [1.82, 2.24) is 5.32 Å². The fraction of sp³-hybridized carbons (Fsp3) is 0.900. The standard InChI is InChI=1S/C10H20NO/c1-2-3-4-5-6-10-9-11-7-8-12-10/h8,10-11H,2-7,9H2,1H3. The van der Waals surface area contributed by atoms with Crippen molar-refractivity contribution in [3.8, 4) is 0 Å².